The summed E-state index contributed by atoms with van der Waals surface area (Å²) < 4.78 is 22.1. The van der Waals surface area contributed by atoms with E-state index in [9.17, 15) is 13.2 Å². The van der Waals surface area contributed by atoms with Crippen LogP contribution in [-0.4, -0.2) is 43.9 Å². The number of rotatable bonds is 5. The Hall–Kier alpha value is -1.34. The first-order valence-electron chi connectivity index (χ1n) is 5.89. The molecule has 0 aliphatic heterocycles. The Morgan fingerprint density at radius 3 is 2.55 bits per heavy atom. The molecule has 0 bridgehead atoms. The first kappa shape index (κ1) is 16.7. The van der Waals surface area contributed by atoms with Crippen LogP contribution >= 0.6 is 11.6 Å². The zero-order valence-corrected chi connectivity index (χ0v) is 13.4. The van der Waals surface area contributed by atoms with E-state index < -0.39 is 20.5 Å². The fraction of sp³-hybridized carbons (Fsp3) is 0.500. The van der Waals surface area contributed by atoms with Crippen molar-refractivity contribution in [2.75, 3.05) is 25.2 Å². The minimum Gasteiger partial charge on any atom is -0.373 e. The van der Waals surface area contributed by atoms with Gasteiger partial charge in [0.15, 0.2) is 9.84 Å². The molecule has 0 spiro atoms. The fourth-order valence-electron chi connectivity index (χ4n) is 1.27. The van der Waals surface area contributed by atoms with Crippen molar-refractivity contribution in [3.05, 3.63) is 22.8 Å². The Balaban J connectivity index is 2.88. The van der Waals surface area contributed by atoms with Crippen molar-refractivity contribution in [3.63, 3.8) is 0 Å². The molecule has 0 saturated heterocycles. The Morgan fingerprint density at radius 1 is 1.45 bits per heavy atom. The van der Waals surface area contributed by atoms with Gasteiger partial charge < -0.3 is 10.6 Å². The largest absolute Gasteiger partial charge is 0.373 e. The molecular weight excluding hydrogens is 302 g/mol. The number of nitrogens with one attached hydrogen (secondary N) is 2. The van der Waals surface area contributed by atoms with E-state index in [4.69, 9.17) is 11.6 Å². The number of pyridine rings is 1. The number of nitrogens with zero attached hydrogens (tertiary/aromatic N) is 1. The number of sulfone groups is 1. The minimum atomic E-state index is -3.28. The van der Waals surface area contributed by atoms with Gasteiger partial charge in [0.25, 0.3) is 5.91 Å². The highest BCUT2D eigenvalue weighted by molar-refractivity contribution is 7.92. The molecule has 0 aliphatic rings. The fourth-order valence-corrected chi connectivity index (χ4v) is 1.79. The first-order chi connectivity index (χ1) is 9.08. The third kappa shape index (κ3) is 3.83. The molecule has 0 aliphatic carbocycles. The highest BCUT2D eigenvalue weighted by Crippen LogP contribution is 2.19. The minimum absolute atomic E-state index is 0.00178. The van der Waals surface area contributed by atoms with Gasteiger partial charge in [0, 0.05) is 26.0 Å². The lowest BCUT2D eigenvalue weighted by Gasteiger charge is -2.22. The van der Waals surface area contributed by atoms with Crippen LogP contribution in [0.15, 0.2) is 12.3 Å². The summed E-state index contributed by atoms with van der Waals surface area (Å²) >= 11 is 5.92. The van der Waals surface area contributed by atoms with Crippen molar-refractivity contribution in [1.82, 2.24) is 10.3 Å². The van der Waals surface area contributed by atoms with Gasteiger partial charge in [-0.25, -0.2) is 13.4 Å². The number of carbonyl (C=O) groups is 1. The molecular formula is C12H18ClN3O3S. The summed E-state index contributed by atoms with van der Waals surface area (Å²) in [6, 6.07) is 1.51. The second kappa shape index (κ2) is 5.97. The van der Waals surface area contributed by atoms with Crippen LogP contribution in [0.25, 0.3) is 0 Å². The molecule has 0 aromatic carbocycles. The predicted octanol–water partition coefficient (Wildman–Crippen LogP) is 1.33. The van der Waals surface area contributed by atoms with Crippen molar-refractivity contribution in [1.29, 1.82) is 0 Å². The van der Waals surface area contributed by atoms with E-state index in [0.717, 1.165) is 6.26 Å². The summed E-state index contributed by atoms with van der Waals surface area (Å²) in [5.74, 6) is 0.0625. The summed E-state index contributed by atoms with van der Waals surface area (Å²) in [5, 5.41) is 5.59. The standard InChI is InChI=1S/C12H18ClN3O3S/c1-12(2,20(4,18)19)7-16-11(17)8-5-10(14-3)15-6-9(8)13/h5-6H,7H2,1-4H3,(H,14,15)(H,16,17). The lowest BCUT2D eigenvalue weighted by atomic mass is 10.2. The molecule has 0 fully saturated rings. The summed E-state index contributed by atoms with van der Waals surface area (Å²) in [6.45, 7) is 3.10. The van der Waals surface area contributed by atoms with E-state index in [2.05, 4.69) is 15.6 Å². The Kier molecular flexibility index (Phi) is 4.99. The Labute approximate surface area is 123 Å². The zero-order chi connectivity index (χ0) is 15.6. The van der Waals surface area contributed by atoms with Crippen LogP contribution in [-0.2, 0) is 9.84 Å². The normalized spacial score (nSPS) is 12.1. The summed E-state index contributed by atoms with van der Waals surface area (Å²) in [7, 11) is -1.60. The van der Waals surface area contributed by atoms with Crippen LogP contribution in [0.2, 0.25) is 5.02 Å². The number of carbonyl (C=O) groups excluding carboxylic acids is 1. The molecule has 1 rings (SSSR count). The van der Waals surface area contributed by atoms with Crippen molar-refractivity contribution in [2.45, 2.75) is 18.6 Å². The van der Waals surface area contributed by atoms with Crippen LogP contribution in [0.3, 0.4) is 0 Å². The van der Waals surface area contributed by atoms with E-state index in [1.807, 2.05) is 0 Å². The maximum absolute atomic E-state index is 12.1. The molecule has 0 unspecified atom stereocenters. The number of hydrogen-bond acceptors (Lipinski definition) is 5. The molecule has 20 heavy (non-hydrogen) atoms. The van der Waals surface area contributed by atoms with Gasteiger partial charge in [0.05, 0.1) is 15.3 Å². The summed E-state index contributed by atoms with van der Waals surface area (Å²) in [6.07, 6.45) is 2.50. The van der Waals surface area contributed by atoms with Crippen molar-refractivity contribution < 1.29 is 13.2 Å². The molecule has 0 atom stereocenters. The maximum Gasteiger partial charge on any atom is 0.253 e. The maximum atomic E-state index is 12.1. The van der Waals surface area contributed by atoms with Crippen molar-refractivity contribution in [3.8, 4) is 0 Å². The molecule has 1 aromatic rings. The topological polar surface area (TPSA) is 88.2 Å². The third-order valence-corrected chi connectivity index (χ3v) is 5.49. The predicted molar refractivity (Wildman–Crippen MR) is 80.0 cm³/mol. The van der Waals surface area contributed by atoms with Crippen LogP contribution < -0.4 is 10.6 Å². The van der Waals surface area contributed by atoms with Gasteiger partial charge in [-0.3, -0.25) is 4.79 Å². The van der Waals surface area contributed by atoms with E-state index in [1.54, 1.807) is 20.9 Å². The number of anilines is 1. The first-order valence-corrected chi connectivity index (χ1v) is 8.16. The molecule has 6 nitrogen and oxygen atoms in total. The van der Waals surface area contributed by atoms with Gasteiger partial charge in [-0.15, -0.1) is 0 Å². The quantitative estimate of drug-likeness (QED) is 0.854. The molecule has 1 aromatic heterocycles. The van der Waals surface area contributed by atoms with E-state index in [1.165, 1.54) is 12.3 Å². The van der Waals surface area contributed by atoms with Gasteiger partial charge in [-0.05, 0) is 19.9 Å². The summed E-state index contributed by atoms with van der Waals surface area (Å²) in [5.41, 5.74) is 0.246. The second-order valence-electron chi connectivity index (χ2n) is 5.01. The molecule has 1 heterocycles. The van der Waals surface area contributed by atoms with Gasteiger partial charge in [0.2, 0.25) is 0 Å². The highest BCUT2D eigenvalue weighted by atomic mass is 35.5. The van der Waals surface area contributed by atoms with Gasteiger partial charge in [0.1, 0.15) is 5.82 Å². The zero-order valence-electron chi connectivity index (χ0n) is 11.8. The highest BCUT2D eigenvalue weighted by Gasteiger charge is 2.30. The Bertz CT molecular complexity index is 614. The van der Waals surface area contributed by atoms with Gasteiger partial charge >= 0.3 is 0 Å². The molecule has 0 radical (unpaired) electrons. The van der Waals surface area contributed by atoms with E-state index in [0.29, 0.717) is 5.82 Å². The van der Waals surface area contributed by atoms with E-state index in [-0.39, 0.29) is 17.1 Å². The lowest BCUT2D eigenvalue weighted by molar-refractivity contribution is 0.0950. The SMILES string of the molecule is CNc1cc(C(=O)NCC(C)(C)S(C)(=O)=O)c(Cl)cn1. The average Bonchev–Trinajstić information content (AvgIpc) is 2.35. The number of amides is 1. The summed E-state index contributed by atoms with van der Waals surface area (Å²) in [4.78, 5) is 16.0. The number of aromatic nitrogens is 1. The molecule has 0 saturated carbocycles. The Morgan fingerprint density at radius 2 is 2.05 bits per heavy atom. The smallest absolute Gasteiger partial charge is 0.253 e. The van der Waals surface area contributed by atoms with Crippen LogP contribution in [0.4, 0.5) is 5.82 Å². The molecule has 2 N–H and O–H groups in total. The van der Waals surface area contributed by atoms with Gasteiger partial charge in [-0.2, -0.15) is 0 Å². The second-order valence-corrected chi connectivity index (χ2v) is 8.07. The average molecular weight is 320 g/mol. The number of hydrogen-bond donors (Lipinski definition) is 2. The van der Waals surface area contributed by atoms with E-state index >= 15 is 0 Å². The molecule has 8 heteroatoms. The van der Waals surface area contributed by atoms with Crippen LogP contribution in [0.1, 0.15) is 24.2 Å². The van der Waals surface area contributed by atoms with Crippen molar-refractivity contribution in [2.24, 2.45) is 0 Å². The monoisotopic (exact) mass is 319 g/mol. The third-order valence-electron chi connectivity index (χ3n) is 3.03. The molecule has 112 valence electrons. The van der Waals surface area contributed by atoms with Crippen LogP contribution in [0.5, 0.6) is 0 Å². The molecule has 1 amide bonds. The van der Waals surface area contributed by atoms with Gasteiger partial charge in [-0.1, -0.05) is 11.6 Å². The number of halogens is 1. The van der Waals surface area contributed by atoms with Crippen LogP contribution in [0, 0.1) is 0 Å². The lowest BCUT2D eigenvalue weighted by Crippen LogP contribution is -2.43. The van der Waals surface area contributed by atoms with Crippen molar-refractivity contribution >= 4 is 33.2 Å².